The lowest BCUT2D eigenvalue weighted by atomic mass is 10.3. The molecule has 0 spiro atoms. The van der Waals surface area contributed by atoms with Crippen LogP contribution in [0.5, 0.6) is 0 Å². The van der Waals surface area contributed by atoms with E-state index in [0.29, 0.717) is 16.7 Å². The summed E-state index contributed by atoms with van der Waals surface area (Å²) < 4.78 is 5.02. The predicted octanol–water partition coefficient (Wildman–Crippen LogP) is 3.42. The van der Waals surface area contributed by atoms with Gasteiger partial charge < -0.3 is 9.84 Å². The molecular formula is C13H17N3O3S2. The van der Waals surface area contributed by atoms with E-state index in [0.717, 1.165) is 29.1 Å². The highest BCUT2D eigenvalue weighted by atomic mass is 32.1. The summed E-state index contributed by atoms with van der Waals surface area (Å²) in [4.78, 5) is 21.0. The summed E-state index contributed by atoms with van der Waals surface area (Å²) in [5.74, 6) is 0. The zero-order chi connectivity index (χ0) is 15.2. The van der Waals surface area contributed by atoms with Gasteiger partial charge in [-0.1, -0.05) is 13.3 Å². The molecule has 0 unspecified atom stereocenters. The van der Waals surface area contributed by atoms with Crippen molar-refractivity contribution in [3.05, 3.63) is 16.1 Å². The normalized spacial score (nSPS) is 10.6. The molecule has 2 heterocycles. The van der Waals surface area contributed by atoms with Crippen LogP contribution in [-0.4, -0.2) is 27.8 Å². The molecule has 1 amide bonds. The fourth-order valence-electron chi connectivity index (χ4n) is 1.63. The van der Waals surface area contributed by atoms with Gasteiger partial charge in [0.05, 0.1) is 29.5 Å². The fraction of sp³-hybridized carbons (Fsp3) is 0.462. The summed E-state index contributed by atoms with van der Waals surface area (Å²) in [6.07, 6.45) is 1.34. The van der Waals surface area contributed by atoms with Gasteiger partial charge >= 0.3 is 6.09 Å². The van der Waals surface area contributed by atoms with Crippen molar-refractivity contribution in [2.75, 3.05) is 11.9 Å². The number of aryl methyl sites for hydroxylation is 1. The smallest absolute Gasteiger partial charge is 0.413 e. The van der Waals surface area contributed by atoms with Crippen LogP contribution in [0, 0.1) is 6.92 Å². The lowest BCUT2D eigenvalue weighted by Gasteiger charge is -2.03. The molecule has 0 atom stereocenters. The first-order valence-electron chi connectivity index (χ1n) is 6.60. The van der Waals surface area contributed by atoms with Gasteiger partial charge in [-0.3, -0.25) is 5.32 Å². The van der Waals surface area contributed by atoms with E-state index in [9.17, 15) is 4.79 Å². The Bertz CT molecular complexity index is 610. The third-order valence-corrected chi connectivity index (χ3v) is 4.58. The van der Waals surface area contributed by atoms with Crippen molar-refractivity contribution >= 4 is 33.9 Å². The second kappa shape index (κ2) is 7.48. The van der Waals surface area contributed by atoms with E-state index in [4.69, 9.17) is 9.84 Å². The third-order valence-electron chi connectivity index (χ3n) is 2.65. The summed E-state index contributed by atoms with van der Waals surface area (Å²) >= 11 is 2.73. The summed E-state index contributed by atoms with van der Waals surface area (Å²) in [5.41, 5.74) is 1.57. The number of carbonyl (C=O) groups excluding carboxylic acids is 1. The zero-order valence-electron chi connectivity index (χ0n) is 11.9. The van der Waals surface area contributed by atoms with Crippen LogP contribution in [0.2, 0.25) is 0 Å². The number of aromatic nitrogens is 2. The zero-order valence-corrected chi connectivity index (χ0v) is 13.5. The van der Waals surface area contributed by atoms with Crippen molar-refractivity contribution in [1.29, 1.82) is 0 Å². The number of aliphatic hydroxyl groups is 1. The number of hydrogen-bond donors (Lipinski definition) is 2. The Balaban J connectivity index is 2.00. The maximum Gasteiger partial charge on any atom is 0.413 e. The molecule has 0 saturated heterocycles. The highest BCUT2D eigenvalue weighted by molar-refractivity contribution is 7.16. The number of aliphatic hydroxyl groups excluding tert-OH is 1. The number of anilines is 1. The van der Waals surface area contributed by atoms with E-state index in [1.807, 2.05) is 19.2 Å². The number of nitrogens with zero attached hydrogens (tertiary/aromatic N) is 2. The highest BCUT2D eigenvalue weighted by Crippen LogP contribution is 2.32. The molecule has 0 aliphatic carbocycles. The summed E-state index contributed by atoms with van der Waals surface area (Å²) in [6.45, 7) is 4.24. The van der Waals surface area contributed by atoms with Gasteiger partial charge in [0.2, 0.25) is 0 Å². The van der Waals surface area contributed by atoms with E-state index < -0.39 is 6.09 Å². The topological polar surface area (TPSA) is 84.3 Å². The van der Waals surface area contributed by atoms with Crippen LogP contribution in [0.25, 0.3) is 10.6 Å². The Morgan fingerprint density at radius 3 is 2.95 bits per heavy atom. The minimum atomic E-state index is -0.485. The lowest BCUT2D eigenvalue weighted by Crippen LogP contribution is -2.14. The molecule has 21 heavy (non-hydrogen) atoms. The number of unbranched alkanes of at least 4 members (excludes halogenated alkanes) is 1. The standard InChI is InChI=1S/C13H17N3O3S2/c1-3-4-5-19-13(18)16-12-15-9(7-20-12)11-8(2)14-10(6-17)21-11/h7,17H,3-6H2,1-2H3,(H,15,16,18). The summed E-state index contributed by atoms with van der Waals surface area (Å²) in [7, 11) is 0. The first kappa shape index (κ1) is 15.9. The average molecular weight is 327 g/mol. The van der Waals surface area contributed by atoms with Gasteiger partial charge in [-0.2, -0.15) is 0 Å². The van der Waals surface area contributed by atoms with Crippen LogP contribution in [0.1, 0.15) is 30.5 Å². The van der Waals surface area contributed by atoms with Gasteiger partial charge in [0.1, 0.15) is 5.01 Å². The van der Waals surface area contributed by atoms with E-state index >= 15 is 0 Å². The van der Waals surface area contributed by atoms with Crippen molar-refractivity contribution in [1.82, 2.24) is 9.97 Å². The summed E-state index contributed by atoms with van der Waals surface area (Å²) in [5, 5.41) is 14.7. The SMILES string of the molecule is CCCCOC(=O)Nc1nc(-c2sc(CO)nc2C)cs1. The minimum Gasteiger partial charge on any atom is -0.449 e. The molecule has 0 saturated carbocycles. The van der Waals surface area contributed by atoms with Gasteiger partial charge in [-0.15, -0.1) is 22.7 Å². The first-order chi connectivity index (χ1) is 10.1. The fourth-order valence-corrected chi connectivity index (χ4v) is 3.27. The molecule has 0 fully saturated rings. The van der Waals surface area contributed by atoms with Crippen LogP contribution < -0.4 is 5.32 Å². The van der Waals surface area contributed by atoms with Gasteiger partial charge in [0, 0.05) is 5.38 Å². The van der Waals surface area contributed by atoms with E-state index in [2.05, 4.69) is 15.3 Å². The molecule has 2 N–H and O–H groups in total. The third kappa shape index (κ3) is 4.23. The molecule has 2 rings (SSSR count). The molecule has 0 aromatic carbocycles. The number of hydrogen-bond acceptors (Lipinski definition) is 7. The van der Waals surface area contributed by atoms with E-state index in [-0.39, 0.29) is 6.61 Å². The molecule has 2 aromatic rings. The quantitative estimate of drug-likeness (QED) is 0.794. The average Bonchev–Trinajstić information content (AvgIpc) is 3.05. The van der Waals surface area contributed by atoms with Gasteiger partial charge in [0.15, 0.2) is 5.13 Å². The van der Waals surface area contributed by atoms with Crippen LogP contribution in [0.4, 0.5) is 9.93 Å². The molecule has 0 aliphatic heterocycles. The number of nitrogens with one attached hydrogen (secondary N) is 1. The molecule has 0 bridgehead atoms. The Labute approximate surface area is 130 Å². The van der Waals surface area contributed by atoms with Gasteiger partial charge in [-0.25, -0.2) is 14.8 Å². The minimum absolute atomic E-state index is 0.0789. The van der Waals surface area contributed by atoms with Crippen molar-refractivity contribution in [3.63, 3.8) is 0 Å². The maximum absolute atomic E-state index is 11.5. The summed E-state index contributed by atoms with van der Waals surface area (Å²) in [6, 6.07) is 0. The van der Waals surface area contributed by atoms with Crippen molar-refractivity contribution in [3.8, 4) is 10.6 Å². The molecule has 6 nitrogen and oxygen atoms in total. The van der Waals surface area contributed by atoms with Crippen LogP contribution in [0.15, 0.2) is 5.38 Å². The lowest BCUT2D eigenvalue weighted by molar-refractivity contribution is 0.160. The first-order valence-corrected chi connectivity index (χ1v) is 8.30. The number of ether oxygens (including phenoxy) is 1. The molecule has 8 heteroatoms. The number of amides is 1. The Hall–Kier alpha value is -1.51. The maximum atomic E-state index is 11.5. The van der Waals surface area contributed by atoms with Crippen molar-refractivity contribution in [2.45, 2.75) is 33.3 Å². The Kier molecular flexibility index (Phi) is 5.66. The molecule has 0 radical (unpaired) electrons. The predicted molar refractivity (Wildman–Crippen MR) is 83.8 cm³/mol. The molecular weight excluding hydrogens is 310 g/mol. The number of thiazole rings is 2. The van der Waals surface area contributed by atoms with E-state index in [1.54, 1.807) is 0 Å². The second-order valence-corrected chi connectivity index (χ2v) is 6.27. The van der Waals surface area contributed by atoms with Gasteiger partial charge in [-0.05, 0) is 13.3 Å². The van der Waals surface area contributed by atoms with Crippen LogP contribution in [-0.2, 0) is 11.3 Å². The molecule has 0 aliphatic rings. The van der Waals surface area contributed by atoms with Crippen molar-refractivity contribution < 1.29 is 14.6 Å². The van der Waals surface area contributed by atoms with Crippen LogP contribution in [0.3, 0.4) is 0 Å². The number of carbonyl (C=O) groups is 1. The Morgan fingerprint density at radius 2 is 2.29 bits per heavy atom. The molecule has 114 valence electrons. The van der Waals surface area contributed by atoms with Crippen LogP contribution >= 0.6 is 22.7 Å². The van der Waals surface area contributed by atoms with E-state index in [1.165, 1.54) is 22.7 Å². The number of rotatable bonds is 6. The Morgan fingerprint density at radius 1 is 1.48 bits per heavy atom. The largest absolute Gasteiger partial charge is 0.449 e. The van der Waals surface area contributed by atoms with Crippen molar-refractivity contribution in [2.24, 2.45) is 0 Å². The van der Waals surface area contributed by atoms with Gasteiger partial charge in [0.25, 0.3) is 0 Å². The monoisotopic (exact) mass is 327 g/mol. The molecule has 2 aromatic heterocycles. The highest BCUT2D eigenvalue weighted by Gasteiger charge is 2.14. The second-order valence-electron chi connectivity index (χ2n) is 4.33.